The lowest BCUT2D eigenvalue weighted by Gasteiger charge is -2.09. The summed E-state index contributed by atoms with van der Waals surface area (Å²) < 4.78 is 10.7. The van der Waals surface area contributed by atoms with E-state index in [0.717, 1.165) is 21.4 Å². The van der Waals surface area contributed by atoms with E-state index in [0.29, 0.717) is 16.7 Å². The van der Waals surface area contributed by atoms with Gasteiger partial charge < -0.3 is 9.15 Å². The Morgan fingerprint density at radius 1 is 1.08 bits per heavy atom. The van der Waals surface area contributed by atoms with Gasteiger partial charge in [-0.3, -0.25) is 0 Å². The van der Waals surface area contributed by atoms with Gasteiger partial charge in [0.25, 0.3) is 0 Å². The van der Waals surface area contributed by atoms with E-state index >= 15 is 0 Å². The molecule has 1 heterocycles. The van der Waals surface area contributed by atoms with E-state index in [1.54, 1.807) is 23.9 Å². The van der Waals surface area contributed by atoms with Crippen molar-refractivity contribution in [2.75, 3.05) is 6.26 Å². The smallest absolute Gasteiger partial charge is 0.338 e. The molecule has 0 spiro atoms. The van der Waals surface area contributed by atoms with Crippen LogP contribution in [0.4, 0.5) is 0 Å². The van der Waals surface area contributed by atoms with Gasteiger partial charge in [-0.1, -0.05) is 0 Å². The minimum atomic E-state index is -0.453. The van der Waals surface area contributed by atoms with Gasteiger partial charge in [-0.15, -0.1) is 11.8 Å². The van der Waals surface area contributed by atoms with E-state index in [1.807, 2.05) is 44.4 Å². The Balaban J connectivity index is 1.86. The van der Waals surface area contributed by atoms with Crippen LogP contribution < -0.4 is 5.63 Å². The zero-order chi connectivity index (χ0) is 18.0. The summed E-state index contributed by atoms with van der Waals surface area (Å²) in [6.45, 7) is 3.97. The molecule has 5 heteroatoms. The Kier molecular flexibility index (Phi) is 4.95. The lowest BCUT2D eigenvalue weighted by molar-refractivity contribution is 0.0473. The summed E-state index contributed by atoms with van der Waals surface area (Å²) in [5.41, 5.74) is 3.30. The highest BCUT2D eigenvalue weighted by Gasteiger charge is 2.12. The SMILES string of the molecule is CSc1ccc(C(=O)OCc2cc(=O)oc3cc(C)c(C)cc23)cc1. The number of benzene rings is 2. The zero-order valence-electron chi connectivity index (χ0n) is 14.3. The topological polar surface area (TPSA) is 56.5 Å². The third-order valence-corrected chi connectivity index (χ3v) is 4.87. The molecule has 0 radical (unpaired) electrons. The van der Waals surface area contributed by atoms with Crippen molar-refractivity contribution in [3.8, 4) is 0 Å². The van der Waals surface area contributed by atoms with Crippen LogP contribution in [-0.4, -0.2) is 12.2 Å². The fourth-order valence-corrected chi connectivity index (χ4v) is 2.96. The number of hydrogen-bond donors (Lipinski definition) is 0. The third-order valence-electron chi connectivity index (χ3n) is 4.13. The molecule has 3 aromatic rings. The Hall–Kier alpha value is -2.53. The third kappa shape index (κ3) is 3.77. The Morgan fingerprint density at radius 2 is 1.76 bits per heavy atom. The molecule has 0 saturated heterocycles. The van der Waals surface area contributed by atoms with Crippen molar-refractivity contribution in [2.45, 2.75) is 25.3 Å². The van der Waals surface area contributed by atoms with Crippen molar-refractivity contribution in [3.63, 3.8) is 0 Å². The van der Waals surface area contributed by atoms with Crippen LogP contribution in [0.15, 0.2) is 56.6 Å². The maximum absolute atomic E-state index is 12.2. The summed E-state index contributed by atoms with van der Waals surface area (Å²) in [5.74, 6) is -0.419. The quantitative estimate of drug-likeness (QED) is 0.392. The summed E-state index contributed by atoms with van der Waals surface area (Å²) in [4.78, 5) is 25.1. The van der Waals surface area contributed by atoms with Crippen LogP contribution in [0.25, 0.3) is 11.0 Å². The number of fused-ring (bicyclic) bond motifs is 1. The summed E-state index contributed by atoms with van der Waals surface area (Å²) in [7, 11) is 0. The summed E-state index contributed by atoms with van der Waals surface area (Å²) >= 11 is 1.61. The van der Waals surface area contributed by atoms with Gasteiger partial charge in [0.15, 0.2) is 0 Å². The van der Waals surface area contributed by atoms with Gasteiger partial charge in [0.1, 0.15) is 12.2 Å². The van der Waals surface area contributed by atoms with Crippen LogP contribution in [0.1, 0.15) is 27.0 Å². The molecule has 0 aliphatic heterocycles. The molecule has 25 heavy (non-hydrogen) atoms. The van der Waals surface area contributed by atoms with Crippen molar-refractivity contribution in [1.29, 1.82) is 0 Å². The van der Waals surface area contributed by atoms with Crippen LogP contribution in [-0.2, 0) is 11.3 Å². The second-order valence-corrected chi connectivity index (χ2v) is 6.71. The molecule has 0 bridgehead atoms. The lowest BCUT2D eigenvalue weighted by Crippen LogP contribution is -2.08. The van der Waals surface area contributed by atoms with E-state index < -0.39 is 11.6 Å². The molecule has 0 fully saturated rings. The first-order chi connectivity index (χ1) is 12.0. The molecule has 128 valence electrons. The standard InChI is InChI=1S/C20H18O4S/c1-12-8-17-15(10-19(21)24-18(17)9-13(12)2)11-23-20(22)14-4-6-16(25-3)7-5-14/h4-10H,11H2,1-3H3. The van der Waals surface area contributed by atoms with Gasteiger partial charge >= 0.3 is 11.6 Å². The van der Waals surface area contributed by atoms with E-state index in [1.165, 1.54) is 6.07 Å². The molecule has 0 amide bonds. The van der Waals surface area contributed by atoms with Crippen molar-refractivity contribution in [3.05, 3.63) is 75.1 Å². The van der Waals surface area contributed by atoms with Gasteiger partial charge in [-0.05, 0) is 67.6 Å². The molecule has 2 aromatic carbocycles. The predicted molar refractivity (Wildman–Crippen MR) is 99.3 cm³/mol. The molecule has 1 aromatic heterocycles. The largest absolute Gasteiger partial charge is 0.457 e. The van der Waals surface area contributed by atoms with Gasteiger partial charge in [-0.25, -0.2) is 9.59 Å². The van der Waals surface area contributed by atoms with E-state index in [9.17, 15) is 9.59 Å². The summed E-state index contributed by atoms with van der Waals surface area (Å²) in [6, 6.07) is 12.4. The maximum atomic E-state index is 12.2. The van der Waals surface area contributed by atoms with Crippen molar-refractivity contribution >= 4 is 28.7 Å². The predicted octanol–water partition coefficient (Wildman–Crippen LogP) is 4.49. The minimum absolute atomic E-state index is 0.0215. The summed E-state index contributed by atoms with van der Waals surface area (Å²) in [5, 5.41) is 0.785. The van der Waals surface area contributed by atoms with Gasteiger partial charge in [0.2, 0.25) is 0 Å². The normalized spacial score (nSPS) is 10.8. The number of aryl methyl sites for hydroxylation is 2. The van der Waals surface area contributed by atoms with Crippen LogP contribution in [0.5, 0.6) is 0 Å². The minimum Gasteiger partial charge on any atom is -0.457 e. The number of carbonyl (C=O) groups excluding carboxylic acids is 1. The number of thioether (sulfide) groups is 1. The Bertz CT molecular complexity index is 987. The molecule has 3 rings (SSSR count). The average molecular weight is 354 g/mol. The van der Waals surface area contributed by atoms with E-state index in [4.69, 9.17) is 9.15 Å². The average Bonchev–Trinajstić information content (AvgIpc) is 2.61. The Labute approximate surface area is 149 Å². The van der Waals surface area contributed by atoms with Crippen LogP contribution in [0.2, 0.25) is 0 Å². The first-order valence-corrected chi connectivity index (χ1v) is 9.05. The molecular formula is C20H18O4S. The van der Waals surface area contributed by atoms with Crippen molar-refractivity contribution in [2.24, 2.45) is 0 Å². The van der Waals surface area contributed by atoms with Gasteiger partial charge in [0, 0.05) is 21.9 Å². The van der Waals surface area contributed by atoms with Crippen LogP contribution in [0, 0.1) is 13.8 Å². The molecular weight excluding hydrogens is 336 g/mol. The van der Waals surface area contributed by atoms with Gasteiger partial charge in [-0.2, -0.15) is 0 Å². The molecule has 0 aliphatic rings. The van der Waals surface area contributed by atoms with Crippen molar-refractivity contribution < 1.29 is 13.9 Å². The molecule has 0 unspecified atom stereocenters. The number of esters is 1. The number of hydrogen-bond acceptors (Lipinski definition) is 5. The highest BCUT2D eigenvalue weighted by Crippen LogP contribution is 2.22. The highest BCUT2D eigenvalue weighted by atomic mass is 32.2. The molecule has 0 aliphatic carbocycles. The lowest BCUT2D eigenvalue weighted by atomic mass is 10.0. The van der Waals surface area contributed by atoms with Crippen molar-refractivity contribution in [1.82, 2.24) is 0 Å². The van der Waals surface area contributed by atoms with Gasteiger partial charge in [0.05, 0.1) is 5.56 Å². The monoisotopic (exact) mass is 354 g/mol. The summed E-state index contributed by atoms with van der Waals surface area (Å²) in [6.07, 6.45) is 1.98. The first kappa shape index (κ1) is 17.3. The van der Waals surface area contributed by atoms with E-state index in [-0.39, 0.29) is 6.61 Å². The molecule has 4 nitrogen and oxygen atoms in total. The Morgan fingerprint density at radius 3 is 2.44 bits per heavy atom. The number of rotatable bonds is 4. The number of ether oxygens (including phenoxy) is 1. The highest BCUT2D eigenvalue weighted by molar-refractivity contribution is 7.98. The second-order valence-electron chi connectivity index (χ2n) is 5.83. The first-order valence-electron chi connectivity index (χ1n) is 7.83. The molecule has 0 saturated carbocycles. The van der Waals surface area contributed by atoms with E-state index in [2.05, 4.69) is 0 Å². The molecule has 0 atom stereocenters. The molecule has 0 N–H and O–H groups in total. The maximum Gasteiger partial charge on any atom is 0.338 e. The van der Waals surface area contributed by atoms with Crippen LogP contribution in [0.3, 0.4) is 0 Å². The second kappa shape index (κ2) is 7.15. The zero-order valence-corrected chi connectivity index (χ0v) is 15.1. The van der Waals surface area contributed by atoms with Crippen LogP contribution >= 0.6 is 11.8 Å². The fourth-order valence-electron chi connectivity index (χ4n) is 2.56. The fraction of sp³-hybridized carbons (Fsp3) is 0.200. The number of carbonyl (C=O) groups is 1.